The van der Waals surface area contributed by atoms with E-state index in [0.717, 1.165) is 36.2 Å². The van der Waals surface area contributed by atoms with E-state index in [9.17, 15) is 4.79 Å². The van der Waals surface area contributed by atoms with Crippen LogP contribution in [0.1, 0.15) is 29.8 Å². The van der Waals surface area contributed by atoms with Gasteiger partial charge >= 0.3 is 0 Å². The van der Waals surface area contributed by atoms with Crippen LogP contribution in [0, 0.1) is 0 Å². The van der Waals surface area contributed by atoms with Gasteiger partial charge in [-0.2, -0.15) is 0 Å². The molecule has 0 aliphatic carbocycles. The smallest absolute Gasteiger partial charge is 0.137 e. The van der Waals surface area contributed by atoms with Crippen molar-refractivity contribution in [3.63, 3.8) is 0 Å². The summed E-state index contributed by atoms with van der Waals surface area (Å²) in [5.74, 6) is 1.45. The fourth-order valence-corrected chi connectivity index (χ4v) is 3.38. The lowest BCUT2D eigenvalue weighted by atomic mass is 10.0. The number of nitrogens with zero attached hydrogens (tertiary/aromatic N) is 3. The molecule has 4 nitrogen and oxygen atoms in total. The number of fused-ring (bicyclic) bond motifs is 1. The second-order valence-electron chi connectivity index (χ2n) is 6.61. The van der Waals surface area contributed by atoms with Gasteiger partial charge in [-0.25, -0.2) is 4.98 Å². The molecule has 3 heterocycles. The maximum Gasteiger partial charge on any atom is 0.137 e. The Morgan fingerprint density at radius 3 is 2.84 bits per heavy atom. The van der Waals surface area contributed by atoms with E-state index < -0.39 is 0 Å². The average molecular weight is 331 g/mol. The van der Waals surface area contributed by atoms with E-state index in [4.69, 9.17) is 4.98 Å². The lowest BCUT2D eigenvalue weighted by Gasteiger charge is -2.04. The summed E-state index contributed by atoms with van der Waals surface area (Å²) in [6.07, 6.45) is 9.69. The van der Waals surface area contributed by atoms with Gasteiger partial charge in [0.1, 0.15) is 11.6 Å². The zero-order valence-corrected chi connectivity index (χ0v) is 14.2. The number of pyridine rings is 1. The Kier molecular flexibility index (Phi) is 4.42. The Morgan fingerprint density at radius 1 is 1.12 bits per heavy atom. The van der Waals surface area contributed by atoms with E-state index in [1.54, 1.807) is 12.4 Å². The van der Waals surface area contributed by atoms with Gasteiger partial charge in [0.2, 0.25) is 0 Å². The third-order valence-electron chi connectivity index (χ3n) is 4.72. The van der Waals surface area contributed by atoms with E-state index >= 15 is 0 Å². The number of Topliss-reactive ketones (excluding diaryl/α,β-unsaturated/α-hetero) is 1. The first-order valence-corrected chi connectivity index (χ1v) is 8.84. The largest absolute Gasteiger partial charge is 0.334 e. The number of carbonyl (C=O) groups is 1. The van der Waals surface area contributed by atoms with Crippen molar-refractivity contribution in [1.29, 1.82) is 0 Å². The summed E-state index contributed by atoms with van der Waals surface area (Å²) >= 11 is 0. The first-order chi connectivity index (χ1) is 12.3. The molecule has 3 aromatic rings. The summed E-state index contributed by atoms with van der Waals surface area (Å²) < 4.78 is 2.25. The summed E-state index contributed by atoms with van der Waals surface area (Å²) in [5, 5.41) is 0. The second kappa shape index (κ2) is 7.01. The van der Waals surface area contributed by atoms with Gasteiger partial charge in [-0.1, -0.05) is 18.2 Å². The number of ketones is 1. The van der Waals surface area contributed by atoms with Crippen molar-refractivity contribution < 1.29 is 4.79 Å². The van der Waals surface area contributed by atoms with Crippen molar-refractivity contribution in [3.05, 3.63) is 71.9 Å². The molecule has 0 saturated carbocycles. The predicted octanol–water partition coefficient (Wildman–Crippen LogP) is 3.64. The third-order valence-corrected chi connectivity index (χ3v) is 4.72. The first-order valence-electron chi connectivity index (χ1n) is 8.84. The molecule has 1 aliphatic heterocycles. The normalized spacial score (nSPS) is 13.0. The number of aryl methyl sites for hydroxylation is 3. The van der Waals surface area contributed by atoms with Crippen LogP contribution in [0.2, 0.25) is 0 Å². The highest BCUT2D eigenvalue weighted by atomic mass is 16.1. The van der Waals surface area contributed by atoms with Crippen LogP contribution < -0.4 is 0 Å². The Hall–Kier alpha value is -2.75. The van der Waals surface area contributed by atoms with Gasteiger partial charge in [0, 0.05) is 50.0 Å². The summed E-state index contributed by atoms with van der Waals surface area (Å²) in [6, 6.07) is 12.2. The quantitative estimate of drug-likeness (QED) is 0.693. The van der Waals surface area contributed by atoms with Crippen LogP contribution in [-0.4, -0.2) is 20.3 Å². The molecule has 4 rings (SSSR count). The highest BCUT2D eigenvalue weighted by Crippen LogP contribution is 2.24. The molecule has 4 heteroatoms. The topological polar surface area (TPSA) is 47.8 Å². The van der Waals surface area contributed by atoms with Gasteiger partial charge in [-0.3, -0.25) is 9.78 Å². The number of hydrogen-bond donors (Lipinski definition) is 0. The Morgan fingerprint density at radius 2 is 2.00 bits per heavy atom. The first kappa shape index (κ1) is 15.8. The molecule has 0 radical (unpaired) electrons. The lowest BCUT2D eigenvalue weighted by molar-refractivity contribution is -0.118. The maximum absolute atomic E-state index is 12.2. The minimum Gasteiger partial charge on any atom is -0.334 e. The van der Waals surface area contributed by atoms with E-state index in [-0.39, 0.29) is 5.78 Å². The summed E-state index contributed by atoms with van der Waals surface area (Å²) in [4.78, 5) is 20.9. The molecule has 0 amide bonds. The van der Waals surface area contributed by atoms with Crippen molar-refractivity contribution in [2.24, 2.45) is 0 Å². The standard InChI is InChI=1S/C21H21N3O/c25-19(14-17-8-10-22-11-9-17)7-6-16-3-1-4-18(13-16)20-15-24-12-2-5-21(24)23-20/h1,3-4,8-11,13,15H,2,5-7,12,14H2. The van der Waals surface area contributed by atoms with Crippen LogP contribution in [0.4, 0.5) is 0 Å². The SMILES string of the molecule is O=C(CCc1cccc(-c2cn3c(n2)CCC3)c1)Cc1ccncc1. The molecule has 1 aromatic carbocycles. The van der Waals surface area contributed by atoms with Crippen LogP contribution in [0.3, 0.4) is 0 Å². The van der Waals surface area contributed by atoms with Gasteiger partial charge < -0.3 is 4.57 Å². The monoisotopic (exact) mass is 331 g/mol. The Balaban J connectivity index is 1.40. The third kappa shape index (κ3) is 3.68. The van der Waals surface area contributed by atoms with Crippen molar-refractivity contribution in [3.8, 4) is 11.3 Å². The zero-order valence-electron chi connectivity index (χ0n) is 14.2. The van der Waals surface area contributed by atoms with E-state index in [0.29, 0.717) is 12.8 Å². The van der Waals surface area contributed by atoms with Crippen molar-refractivity contribution in [1.82, 2.24) is 14.5 Å². The number of carbonyl (C=O) groups excluding carboxylic acids is 1. The van der Waals surface area contributed by atoms with Crippen molar-refractivity contribution >= 4 is 5.78 Å². The molecule has 0 spiro atoms. The highest BCUT2D eigenvalue weighted by molar-refractivity contribution is 5.81. The Labute approximate surface area is 147 Å². The molecule has 0 saturated heterocycles. The lowest BCUT2D eigenvalue weighted by Crippen LogP contribution is -2.04. The second-order valence-corrected chi connectivity index (χ2v) is 6.61. The Bertz CT molecular complexity index is 862. The number of imidazole rings is 1. The minimum atomic E-state index is 0.262. The fraction of sp³-hybridized carbons (Fsp3) is 0.286. The summed E-state index contributed by atoms with van der Waals surface area (Å²) in [5.41, 5.74) is 4.40. The minimum absolute atomic E-state index is 0.262. The van der Waals surface area contributed by atoms with Gasteiger partial charge in [-0.15, -0.1) is 0 Å². The molecule has 0 fully saturated rings. The number of hydrogen-bond acceptors (Lipinski definition) is 3. The maximum atomic E-state index is 12.2. The van der Waals surface area contributed by atoms with Gasteiger partial charge in [0.15, 0.2) is 0 Å². The summed E-state index contributed by atoms with van der Waals surface area (Å²) in [7, 11) is 0. The number of rotatable bonds is 6. The molecule has 126 valence electrons. The van der Waals surface area contributed by atoms with Gasteiger partial charge in [0.05, 0.1) is 5.69 Å². The molecule has 25 heavy (non-hydrogen) atoms. The predicted molar refractivity (Wildman–Crippen MR) is 97.3 cm³/mol. The molecule has 0 bridgehead atoms. The van der Waals surface area contributed by atoms with E-state index in [1.807, 2.05) is 12.1 Å². The molecular formula is C21H21N3O. The van der Waals surface area contributed by atoms with Crippen LogP contribution in [0.25, 0.3) is 11.3 Å². The number of aromatic nitrogens is 3. The molecule has 0 atom stereocenters. The molecule has 2 aromatic heterocycles. The zero-order chi connectivity index (χ0) is 17.1. The average Bonchev–Trinajstić information content (AvgIpc) is 3.23. The van der Waals surface area contributed by atoms with Crippen LogP contribution >= 0.6 is 0 Å². The number of benzene rings is 1. The van der Waals surface area contributed by atoms with Crippen molar-refractivity contribution in [2.45, 2.75) is 38.6 Å². The van der Waals surface area contributed by atoms with E-state index in [1.165, 1.54) is 17.8 Å². The van der Waals surface area contributed by atoms with Crippen molar-refractivity contribution in [2.75, 3.05) is 0 Å². The van der Waals surface area contributed by atoms with Gasteiger partial charge in [0.25, 0.3) is 0 Å². The van der Waals surface area contributed by atoms with Crippen LogP contribution in [0.15, 0.2) is 55.0 Å². The fourth-order valence-electron chi connectivity index (χ4n) is 3.38. The van der Waals surface area contributed by atoms with Crippen LogP contribution in [-0.2, 0) is 30.6 Å². The highest BCUT2D eigenvalue weighted by Gasteiger charge is 2.14. The van der Waals surface area contributed by atoms with E-state index in [2.05, 4.69) is 40.0 Å². The van der Waals surface area contributed by atoms with Gasteiger partial charge in [-0.05, 0) is 42.2 Å². The van der Waals surface area contributed by atoms with Crippen LogP contribution in [0.5, 0.6) is 0 Å². The molecule has 1 aliphatic rings. The molecular weight excluding hydrogens is 310 g/mol. The summed E-state index contributed by atoms with van der Waals surface area (Å²) in [6.45, 7) is 1.07. The molecule has 0 N–H and O–H groups in total. The molecule has 0 unspecified atom stereocenters.